The van der Waals surface area contributed by atoms with E-state index in [2.05, 4.69) is 0 Å². The largest absolute Gasteiger partial charge is 0.396 e. The Balaban J connectivity index is 2.51. The summed E-state index contributed by atoms with van der Waals surface area (Å²) in [5.41, 5.74) is 0.0153. The van der Waals surface area contributed by atoms with E-state index in [0.717, 1.165) is 10.8 Å². The third-order valence-corrected chi connectivity index (χ3v) is 2.44. The normalized spacial score (nSPS) is 10.7. The van der Waals surface area contributed by atoms with Crippen LogP contribution in [0.4, 0.5) is 0 Å². The van der Waals surface area contributed by atoms with E-state index in [9.17, 15) is 4.79 Å². The molecule has 2 rings (SSSR count). The predicted octanol–water partition coefficient (Wildman–Crippen LogP) is 1.38. The van der Waals surface area contributed by atoms with E-state index in [1.54, 1.807) is 10.8 Å². The van der Waals surface area contributed by atoms with Gasteiger partial charge in [-0.2, -0.15) is 0 Å². The maximum absolute atomic E-state index is 11.9. The maximum atomic E-state index is 11.9. The number of nitrogens with zero attached hydrogens (tertiary/aromatic N) is 1. The van der Waals surface area contributed by atoms with E-state index >= 15 is 0 Å². The molecular formula is C12H13NO2. The van der Waals surface area contributed by atoms with Crippen molar-refractivity contribution in [3.8, 4) is 0 Å². The first-order valence-corrected chi connectivity index (χ1v) is 5.02. The molecule has 1 aromatic carbocycles. The Morgan fingerprint density at radius 1 is 1.20 bits per heavy atom. The summed E-state index contributed by atoms with van der Waals surface area (Å²) in [6.45, 7) is 0.680. The monoisotopic (exact) mass is 203 g/mol. The molecule has 3 heteroatoms. The molecule has 0 aliphatic rings. The number of aliphatic hydroxyl groups excluding tert-OH is 1. The van der Waals surface area contributed by atoms with Crippen molar-refractivity contribution in [3.05, 3.63) is 46.9 Å². The maximum Gasteiger partial charge on any atom is 0.258 e. The van der Waals surface area contributed by atoms with Crippen LogP contribution in [0.5, 0.6) is 0 Å². The van der Waals surface area contributed by atoms with E-state index < -0.39 is 0 Å². The molecule has 0 spiro atoms. The highest BCUT2D eigenvalue weighted by Crippen LogP contribution is 2.07. The zero-order valence-corrected chi connectivity index (χ0v) is 8.39. The Morgan fingerprint density at radius 2 is 2.00 bits per heavy atom. The van der Waals surface area contributed by atoms with E-state index in [4.69, 9.17) is 5.11 Å². The Bertz CT molecular complexity index is 516. The molecule has 0 atom stereocenters. The van der Waals surface area contributed by atoms with Gasteiger partial charge in [0.05, 0.1) is 0 Å². The fourth-order valence-electron chi connectivity index (χ4n) is 1.65. The molecule has 1 N–H and O–H groups in total. The summed E-state index contributed by atoms with van der Waals surface area (Å²) in [6.07, 6.45) is 2.39. The quantitative estimate of drug-likeness (QED) is 0.819. The Morgan fingerprint density at radius 3 is 2.80 bits per heavy atom. The number of aryl methyl sites for hydroxylation is 1. The molecule has 0 fully saturated rings. The molecule has 0 aliphatic carbocycles. The standard InChI is InChI=1S/C12H13NO2/c14-9-3-7-13-8-6-10-4-1-2-5-11(10)12(13)15/h1-2,4-6,8,14H,3,7,9H2. The molecule has 0 aliphatic heterocycles. The molecule has 0 bridgehead atoms. The van der Waals surface area contributed by atoms with Crippen LogP contribution in [0, 0.1) is 0 Å². The molecule has 1 heterocycles. The fourth-order valence-corrected chi connectivity index (χ4v) is 1.65. The Labute approximate surface area is 87.6 Å². The third-order valence-electron chi connectivity index (χ3n) is 2.44. The Hall–Kier alpha value is -1.61. The number of hydrogen-bond donors (Lipinski definition) is 1. The molecule has 0 unspecified atom stereocenters. The fraction of sp³-hybridized carbons (Fsp3) is 0.250. The number of aliphatic hydroxyl groups is 1. The molecular weight excluding hydrogens is 190 g/mol. The lowest BCUT2D eigenvalue weighted by Gasteiger charge is -2.05. The van der Waals surface area contributed by atoms with Gasteiger partial charge in [0.1, 0.15) is 0 Å². The highest BCUT2D eigenvalue weighted by molar-refractivity contribution is 5.81. The minimum atomic E-state index is 0.0153. The molecule has 0 amide bonds. The lowest BCUT2D eigenvalue weighted by Crippen LogP contribution is -2.19. The van der Waals surface area contributed by atoms with Crippen molar-refractivity contribution in [2.24, 2.45) is 0 Å². The van der Waals surface area contributed by atoms with Crippen LogP contribution in [0.1, 0.15) is 6.42 Å². The van der Waals surface area contributed by atoms with Gasteiger partial charge in [0, 0.05) is 24.7 Å². The molecule has 78 valence electrons. The van der Waals surface area contributed by atoms with E-state index in [-0.39, 0.29) is 12.2 Å². The summed E-state index contributed by atoms with van der Waals surface area (Å²) in [7, 11) is 0. The van der Waals surface area contributed by atoms with Crippen molar-refractivity contribution in [3.63, 3.8) is 0 Å². The third kappa shape index (κ3) is 1.92. The summed E-state index contributed by atoms with van der Waals surface area (Å²) >= 11 is 0. The van der Waals surface area contributed by atoms with Gasteiger partial charge in [-0.25, -0.2) is 0 Å². The minimum Gasteiger partial charge on any atom is -0.396 e. The smallest absolute Gasteiger partial charge is 0.258 e. The second kappa shape index (κ2) is 4.28. The molecule has 3 nitrogen and oxygen atoms in total. The van der Waals surface area contributed by atoms with Gasteiger partial charge in [-0.15, -0.1) is 0 Å². The van der Waals surface area contributed by atoms with Crippen LogP contribution < -0.4 is 5.56 Å². The number of benzene rings is 1. The van der Waals surface area contributed by atoms with Gasteiger partial charge in [0.25, 0.3) is 5.56 Å². The summed E-state index contributed by atoms with van der Waals surface area (Å²) in [5, 5.41) is 10.4. The molecule has 2 aromatic rings. The predicted molar refractivity (Wildman–Crippen MR) is 59.9 cm³/mol. The second-order valence-corrected chi connectivity index (χ2v) is 3.48. The van der Waals surface area contributed by atoms with Crippen LogP contribution in [0.25, 0.3) is 10.8 Å². The number of aromatic nitrogens is 1. The molecule has 0 saturated heterocycles. The van der Waals surface area contributed by atoms with Gasteiger partial charge in [-0.3, -0.25) is 4.79 Å². The number of pyridine rings is 1. The van der Waals surface area contributed by atoms with E-state index in [1.807, 2.05) is 30.3 Å². The van der Waals surface area contributed by atoms with Crippen molar-refractivity contribution in [1.82, 2.24) is 4.57 Å². The van der Waals surface area contributed by atoms with Crippen molar-refractivity contribution >= 4 is 10.8 Å². The van der Waals surface area contributed by atoms with E-state index in [1.165, 1.54) is 0 Å². The summed E-state index contributed by atoms with van der Waals surface area (Å²) in [4.78, 5) is 11.9. The van der Waals surface area contributed by atoms with Crippen molar-refractivity contribution in [1.29, 1.82) is 0 Å². The van der Waals surface area contributed by atoms with E-state index in [0.29, 0.717) is 13.0 Å². The average Bonchev–Trinajstić information content (AvgIpc) is 2.29. The van der Waals surface area contributed by atoms with Crippen molar-refractivity contribution < 1.29 is 5.11 Å². The SMILES string of the molecule is O=c1c2ccccc2ccn1CCCO. The Kier molecular flexibility index (Phi) is 2.83. The first-order valence-electron chi connectivity index (χ1n) is 5.02. The lowest BCUT2D eigenvalue weighted by molar-refractivity contribution is 0.279. The highest BCUT2D eigenvalue weighted by Gasteiger charge is 2.00. The van der Waals surface area contributed by atoms with Gasteiger partial charge in [0.2, 0.25) is 0 Å². The minimum absolute atomic E-state index is 0.0153. The van der Waals surface area contributed by atoms with Crippen LogP contribution in [0.3, 0.4) is 0 Å². The van der Waals surface area contributed by atoms with Crippen molar-refractivity contribution in [2.75, 3.05) is 6.61 Å². The first-order chi connectivity index (χ1) is 7.33. The van der Waals surface area contributed by atoms with Crippen LogP contribution in [0.2, 0.25) is 0 Å². The lowest BCUT2D eigenvalue weighted by atomic mass is 10.2. The summed E-state index contributed by atoms with van der Waals surface area (Å²) in [5.74, 6) is 0. The van der Waals surface area contributed by atoms with Crippen molar-refractivity contribution in [2.45, 2.75) is 13.0 Å². The zero-order chi connectivity index (χ0) is 10.7. The average molecular weight is 203 g/mol. The zero-order valence-electron chi connectivity index (χ0n) is 8.39. The van der Waals surface area contributed by atoms with Gasteiger partial charge in [-0.1, -0.05) is 18.2 Å². The number of hydrogen-bond acceptors (Lipinski definition) is 2. The van der Waals surface area contributed by atoms with Gasteiger partial charge in [-0.05, 0) is 23.9 Å². The molecule has 15 heavy (non-hydrogen) atoms. The van der Waals surface area contributed by atoms with Crippen LogP contribution in [-0.4, -0.2) is 16.3 Å². The van der Waals surface area contributed by atoms with Crippen LogP contribution in [0.15, 0.2) is 41.3 Å². The van der Waals surface area contributed by atoms with Gasteiger partial charge in [0.15, 0.2) is 0 Å². The highest BCUT2D eigenvalue weighted by atomic mass is 16.3. The van der Waals surface area contributed by atoms with Gasteiger partial charge >= 0.3 is 0 Å². The summed E-state index contributed by atoms with van der Waals surface area (Å²) < 4.78 is 1.64. The van der Waals surface area contributed by atoms with Crippen LogP contribution >= 0.6 is 0 Å². The number of rotatable bonds is 3. The van der Waals surface area contributed by atoms with Crippen LogP contribution in [-0.2, 0) is 6.54 Å². The molecule has 0 radical (unpaired) electrons. The topological polar surface area (TPSA) is 42.2 Å². The second-order valence-electron chi connectivity index (χ2n) is 3.48. The molecule has 1 aromatic heterocycles. The summed E-state index contributed by atoms with van der Waals surface area (Å²) in [6, 6.07) is 9.45. The molecule has 0 saturated carbocycles. The first kappa shape index (κ1) is 9.93. The van der Waals surface area contributed by atoms with Gasteiger partial charge < -0.3 is 9.67 Å². The number of fused-ring (bicyclic) bond motifs is 1.